The van der Waals surface area contributed by atoms with Gasteiger partial charge in [-0.2, -0.15) is 17.7 Å². The van der Waals surface area contributed by atoms with Crippen molar-refractivity contribution in [2.45, 2.75) is 28.3 Å². The summed E-state index contributed by atoms with van der Waals surface area (Å²) in [6.07, 6.45) is 0.296. The first-order chi connectivity index (χ1) is 19.0. The van der Waals surface area contributed by atoms with Crippen LogP contribution in [-0.2, 0) is 25.2 Å². The largest absolute Gasteiger partial charge is 0.481 e. The molecule has 1 unspecified atom stereocenters. The number of amides is 2. The number of aliphatic hydroxyl groups is 1. The molecule has 2 aliphatic rings. The van der Waals surface area contributed by atoms with Crippen molar-refractivity contribution in [3.05, 3.63) is 58.1 Å². The molecule has 15 heteroatoms. The number of hydrogen-bond acceptors (Lipinski definition) is 11. The lowest BCUT2D eigenvalue weighted by molar-refractivity contribution is -0.138. The highest BCUT2D eigenvalue weighted by molar-refractivity contribution is 7.95. The third-order valence-corrected chi connectivity index (χ3v) is 10.3. The lowest BCUT2D eigenvalue weighted by Crippen LogP contribution is -2.59. The number of aromatic nitrogens is 2. The monoisotopic (exact) mass is 607 g/mol. The number of benzene rings is 1. The maximum absolute atomic E-state index is 14.9. The van der Waals surface area contributed by atoms with E-state index >= 15 is 0 Å². The van der Waals surface area contributed by atoms with Gasteiger partial charge in [-0.15, -0.1) is 11.3 Å². The number of hydrogen-bond donors (Lipinski definition) is 1. The van der Waals surface area contributed by atoms with E-state index in [2.05, 4.69) is 9.97 Å². The Morgan fingerprint density at radius 2 is 1.98 bits per heavy atom. The molecule has 2 aromatic heterocycles. The van der Waals surface area contributed by atoms with Crippen LogP contribution in [0.5, 0.6) is 11.9 Å². The van der Waals surface area contributed by atoms with Crippen molar-refractivity contribution < 1.29 is 32.6 Å². The SMILES string of the molecule is COc1ncc(C2(N3C[C@H](O)C[C@H]3C(=O)N(C)C)C(=O)N(S(=O)(=O)c3cccs3)c3ccc(Cl)cc32)c(OC)n1. The number of methoxy groups -OCH3 is 2. The number of aliphatic hydroxyl groups excluding tert-OH is 1. The molecule has 12 nitrogen and oxygen atoms in total. The summed E-state index contributed by atoms with van der Waals surface area (Å²) >= 11 is 7.41. The van der Waals surface area contributed by atoms with Crippen molar-refractivity contribution in [2.24, 2.45) is 0 Å². The molecule has 1 fully saturated rings. The van der Waals surface area contributed by atoms with Crippen LogP contribution in [0.4, 0.5) is 5.69 Å². The van der Waals surface area contributed by atoms with Crippen LogP contribution in [-0.4, -0.2) is 92.1 Å². The standard InChI is InChI=1S/C25H26ClN5O7S2/c1-29(2)22(33)19-11-15(32)13-30(19)25(17-12-27-24(38-4)28-21(17)37-3)16-10-14(26)7-8-18(16)31(23(25)34)40(35,36)20-6-5-9-39-20/h5-10,12,15,19,32H,11,13H2,1-4H3/t15-,19+,25?/m1/s1. The summed E-state index contributed by atoms with van der Waals surface area (Å²) in [5, 5.41) is 12.6. The van der Waals surface area contributed by atoms with Gasteiger partial charge in [0, 0.05) is 37.4 Å². The van der Waals surface area contributed by atoms with Crippen LogP contribution >= 0.6 is 22.9 Å². The lowest BCUT2D eigenvalue weighted by atomic mass is 9.82. The van der Waals surface area contributed by atoms with Crippen molar-refractivity contribution in [3.8, 4) is 11.9 Å². The molecule has 2 amide bonds. The summed E-state index contributed by atoms with van der Waals surface area (Å²) < 4.78 is 39.4. The maximum atomic E-state index is 14.9. The number of thiophene rings is 1. The van der Waals surface area contributed by atoms with Gasteiger partial charge in [0.15, 0.2) is 5.54 Å². The number of carbonyl (C=O) groups is 2. The molecule has 3 aromatic rings. The molecular formula is C25H26ClN5O7S2. The van der Waals surface area contributed by atoms with Gasteiger partial charge in [-0.1, -0.05) is 17.7 Å². The molecule has 0 radical (unpaired) electrons. The number of halogens is 1. The van der Waals surface area contributed by atoms with E-state index < -0.39 is 33.6 Å². The van der Waals surface area contributed by atoms with Crippen molar-refractivity contribution in [2.75, 3.05) is 39.2 Å². The van der Waals surface area contributed by atoms with Gasteiger partial charge in [0.2, 0.25) is 11.8 Å². The fourth-order valence-corrected chi connectivity index (χ4v) is 8.04. The lowest BCUT2D eigenvalue weighted by Gasteiger charge is -2.41. The quantitative estimate of drug-likeness (QED) is 0.422. The van der Waals surface area contributed by atoms with E-state index in [1.54, 1.807) is 25.5 Å². The first-order valence-corrected chi connectivity index (χ1v) is 14.7. The average molecular weight is 608 g/mol. The molecule has 2 aliphatic heterocycles. The van der Waals surface area contributed by atoms with Crippen LogP contribution in [0, 0.1) is 0 Å². The van der Waals surface area contributed by atoms with Crippen LogP contribution in [0.25, 0.3) is 0 Å². The second-order valence-corrected chi connectivity index (χ2v) is 12.8. The van der Waals surface area contributed by atoms with Crippen molar-refractivity contribution in [1.29, 1.82) is 0 Å². The molecular weight excluding hydrogens is 582 g/mol. The molecule has 1 N–H and O–H groups in total. The van der Waals surface area contributed by atoms with Crippen LogP contribution in [0.15, 0.2) is 46.1 Å². The summed E-state index contributed by atoms with van der Waals surface area (Å²) in [6.45, 7) is -0.149. The zero-order chi connectivity index (χ0) is 29.0. The van der Waals surface area contributed by atoms with E-state index in [9.17, 15) is 23.1 Å². The van der Waals surface area contributed by atoms with Crippen molar-refractivity contribution in [3.63, 3.8) is 0 Å². The van der Waals surface area contributed by atoms with Gasteiger partial charge in [-0.05, 0) is 36.1 Å². The fraction of sp³-hybridized carbons (Fsp3) is 0.360. The van der Waals surface area contributed by atoms with E-state index in [1.807, 2.05) is 0 Å². The number of likely N-dealkylation sites (N-methyl/N-ethyl adjacent to an activating group) is 1. The Kier molecular flexibility index (Phi) is 7.25. The molecule has 40 heavy (non-hydrogen) atoms. The van der Waals surface area contributed by atoms with Crippen LogP contribution < -0.4 is 13.8 Å². The average Bonchev–Trinajstić information content (AvgIpc) is 3.65. The summed E-state index contributed by atoms with van der Waals surface area (Å²) in [5.74, 6) is -1.39. The van der Waals surface area contributed by atoms with Gasteiger partial charge in [-0.25, -0.2) is 4.98 Å². The normalized spacial score (nSPS) is 22.9. The Balaban J connectivity index is 1.89. The molecule has 212 valence electrons. The first kappa shape index (κ1) is 28.2. The number of anilines is 1. The highest BCUT2D eigenvalue weighted by Gasteiger charge is 2.64. The number of fused-ring (bicyclic) bond motifs is 1. The number of likely N-dealkylation sites (tertiary alicyclic amines) is 1. The van der Waals surface area contributed by atoms with E-state index in [4.69, 9.17) is 21.1 Å². The summed E-state index contributed by atoms with van der Waals surface area (Å²) in [7, 11) is 1.40. The third-order valence-electron chi connectivity index (χ3n) is 6.98. The number of sulfonamides is 1. The zero-order valence-electron chi connectivity index (χ0n) is 21.9. The van der Waals surface area contributed by atoms with Crippen LogP contribution in [0.3, 0.4) is 0 Å². The molecule has 0 aliphatic carbocycles. The van der Waals surface area contributed by atoms with Gasteiger partial charge in [0.1, 0.15) is 4.21 Å². The highest BCUT2D eigenvalue weighted by atomic mass is 35.5. The fourth-order valence-electron chi connectivity index (χ4n) is 5.35. The predicted octanol–water partition coefficient (Wildman–Crippen LogP) is 1.71. The number of β-amino-alcohol motifs (C(OH)–C–C–N with tert-alkyl or cyclic N) is 1. The Morgan fingerprint density at radius 3 is 2.60 bits per heavy atom. The minimum atomic E-state index is -4.41. The van der Waals surface area contributed by atoms with Crippen molar-refractivity contribution in [1.82, 2.24) is 19.8 Å². The topological polar surface area (TPSA) is 142 Å². The Bertz CT molecular complexity index is 1580. The maximum Gasteiger partial charge on any atom is 0.319 e. The van der Waals surface area contributed by atoms with Crippen LogP contribution in [0.1, 0.15) is 17.5 Å². The second kappa shape index (κ2) is 10.3. The summed E-state index contributed by atoms with van der Waals surface area (Å²) in [5.41, 5.74) is -1.77. The summed E-state index contributed by atoms with van der Waals surface area (Å²) in [6, 6.07) is 6.28. The molecule has 0 saturated carbocycles. The Labute approximate surface area is 239 Å². The van der Waals surface area contributed by atoms with Gasteiger partial charge in [-0.3, -0.25) is 14.5 Å². The Morgan fingerprint density at radius 1 is 1.23 bits per heavy atom. The van der Waals surface area contributed by atoms with Gasteiger partial charge < -0.3 is 19.5 Å². The first-order valence-electron chi connectivity index (χ1n) is 12.0. The highest BCUT2D eigenvalue weighted by Crippen LogP contribution is 2.54. The minimum Gasteiger partial charge on any atom is -0.481 e. The number of carbonyl (C=O) groups excluding carboxylic acids is 2. The minimum absolute atomic E-state index is 0.00105. The molecule has 0 spiro atoms. The number of rotatable bonds is 7. The number of nitrogens with zero attached hydrogens (tertiary/aromatic N) is 5. The van der Waals surface area contributed by atoms with Crippen LogP contribution in [0.2, 0.25) is 5.02 Å². The van der Waals surface area contributed by atoms with E-state index in [1.165, 1.54) is 54.5 Å². The second-order valence-electron chi connectivity index (χ2n) is 9.45. The van der Waals surface area contributed by atoms with E-state index in [-0.39, 0.29) is 56.8 Å². The van der Waals surface area contributed by atoms with Gasteiger partial charge in [0.25, 0.3) is 15.9 Å². The molecule has 0 bridgehead atoms. The predicted molar refractivity (Wildman–Crippen MR) is 146 cm³/mol. The van der Waals surface area contributed by atoms with Gasteiger partial charge >= 0.3 is 6.01 Å². The van der Waals surface area contributed by atoms with Crippen molar-refractivity contribution >= 4 is 50.5 Å². The molecule has 3 atom stereocenters. The summed E-state index contributed by atoms with van der Waals surface area (Å²) in [4.78, 5) is 39.7. The zero-order valence-corrected chi connectivity index (χ0v) is 24.3. The van der Waals surface area contributed by atoms with E-state index in [0.29, 0.717) is 0 Å². The smallest absolute Gasteiger partial charge is 0.319 e. The Hall–Kier alpha value is -3.30. The molecule has 1 aromatic carbocycles. The molecule has 5 rings (SSSR count). The van der Waals surface area contributed by atoms with E-state index in [0.717, 1.165) is 15.6 Å². The third kappa shape index (κ3) is 4.13. The molecule has 4 heterocycles. The van der Waals surface area contributed by atoms with Gasteiger partial charge in [0.05, 0.1) is 37.6 Å². The molecule has 1 saturated heterocycles. The number of ether oxygens (including phenoxy) is 2.